The number of aliphatic hydroxyl groups is 2. The zero-order valence-electron chi connectivity index (χ0n) is 24.4. The van der Waals surface area contributed by atoms with E-state index in [4.69, 9.17) is 19.4 Å². The lowest BCUT2D eigenvalue weighted by molar-refractivity contribution is -0.0499. The van der Waals surface area contributed by atoms with Crippen molar-refractivity contribution in [1.82, 2.24) is 29.5 Å². The summed E-state index contributed by atoms with van der Waals surface area (Å²) in [7, 11) is 0. The second-order valence-corrected chi connectivity index (χ2v) is 12.7. The van der Waals surface area contributed by atoms with Crippen molar-refractivity contribution in [3.8, 4) is 11.5 Å². The molecule has 1 unspecified atom stereocenters. The monoisotopic (exact) mass is 560 g/mol. The van der Waals surface area contributed by atoms with Crippen LogP contribution in [-0.4, -0.2) is 64.1 Å². The van der Waals surface area contributed by atoms with Gasteiger partial charge in [-0.3, -0.25) is 0 Å². The van der Waals surface area contributed by atoms with Gasteiger partial charge in [0.15, 0.2) is 5.65 Å². The molecule has 0 spiro atoms. The van der Waals surface area contributed by atoms with Crippen LogP contribution in [0.3, 0.4) is 0 Å². The molecule has 0 aromatic carbocycles. The Morgan fingerprint density at radius 3 is 2.32 bits per heavy atom. The van der Waals surface area contributed by atoms with E-state index in [1.54, 1.807) is 18.7 Å². The van der Waals surface area contributed by atoms with Crippen molar-refractivity contribution < 1.29 is 19.7 Å². The molecule has 6 rings (SSSR count). The van der Waals surface area contributed by atoms with E-state index >= 15 is 0 Å². The summed E-state index contributed by atoms with van der Waals surface area (Å²) in [6, 6.07) is 4.11. The SMILES string of the molecule is CCCOc1cnc2c(C3CC(C)(O)C3)nc(CC(C)CCOc3cnc4c(c3)ncn4C3CC(C)(O)C3)nc2c1. The van der Waals surface area contributed by atoms with Gasteiger partial charge < -0.3 is 24.3 Å². The molecule has 2 saturated carbocycles. The van der Waals surface area contributed by atoms with Crippen LogP contribution in [0, 0.1) is 5.92 Å². The highest BCUT2D eigenvalue weighted by atomic mass is 16.5. The Hall–Kier alpha value is -3.37. The molecule has 2 aliphatic rings. The van der Waals surface area contributed by atoms with Crippen LogP contribution in [0.5, 0.6) is 11.5 Å². The van der Waals surface area contributed by atoms with Crippen LogP contribution in [0.15, 0.2) is 30.9 Å². The first-order valence-corrected chi connectivity index (χ1v) is 14.8. The van der Waals surface area contributed by atoms with Crippen LogP contribution in [-0.2, 0) is 6.42 Å². The van der Waals surface area contributed by atoms with Crippen molar-refractivity contribution in [3.05, 3.63) is 42.4 Å². The van der Waals surface area contributed by atoms with Gasteiger partial charge in [-0.1, -0.05) is 13.8 Å². The molecule has 0 bridgehead atoms. The Balaban J connectivity index is 1.10. The van der Waals surface area contributed by atoms with Crippen molar-refractivity contribution in [1.29, 1.82) is 0 Å². The molecule has 41 heavy (non-hydrogen) atoms. The summed E-state index contributed by atoms with van der Waals surface area (Å²) in [6.45, 7) is 9.17. The highest BCUT2D eigenvalue weighted by molar-refractivity contribution is 5.78. The average molecular weight is 561 g/mol. The smallest absolute Gasteiger partial charge is 0.160 e. The maximum Gasteiger partial charge on any atom is 0.160 e. The fraction of sp³-hybridized carbons (Fsp3) is 0.581. The predicted molar refractivity (Wildman–Crippen MR) is 155 cm³/mol. The Kier molecular flexibility index (Phi) is 7.32. The quantitative estimate of drug-likeness (QED) is 0.263. The third kappa shape index (κ3) is 5.99. The number of imidazole rings is 1. The van der Waals surface area contributed by atoms with E-state index in [-0.39, 0.29) is 12.0 Å². The zero-order chi connectivity index (χ0) is 28.8. The predicted octanol–water partition coefficient (Wildman–Crippen LogP) is 4.92. The van der Waals surface area contributed by atoms with E-state index in [1.807, 2.05) is 26.0 Å². The molecule has 4 heterocycles. The molecule has 10 heteroatoms. The fourth-order valence-corrected chi connectivity index (χ4v) is 6.13. The normalized spacial score (nSPS) is 26.5. The molecule has 0 radical (unpaired) electrons. The number of nitrogens with zero attached hydrogens (tertiary/aromatic N) is 6. The van der Waals surface area contributed by atoms with Crippen LogP contribution in [0.2, 0.25) is 0 Å². The number of aromatic nitrogens is 6. The van der Waals surface area contributed by atoms with E-state index in [9.17, 15) is 10.2 Å². The third-order valence-corrected chi connectivity index (χ3v) is 8.36. The van der Waals surface area contributed by atoms with Gasteiger partial charge >= 0.3 is 0 Å². The molecule has 1 atom stereocenters. The fourth-order valence-electron chi connectivity index (χ4n) is 6.13. The summed E-state index contributed by atoms with van der Waals surface area (Å²) < 4.78 is 13.9. The van der Waals surface area contributed by atoms with Gasteiger partial charge in [0.05, 0.1) is 54.3 Å². The summed E-state index contributed by atoms with van der Waals surface area (Å²) in [4.78, 5) is 23.6. The largest absolute Gasteiger partial charge is 0.492 e. The summed E-state index contributed by atoms with van der Waals surface area (Å²) in [5.41, 5.74) is 2.88. The van der Waals surface area contributed by atoms with Crippen LogP contribution < -0.4 is 9.47 Å². The number of hydrogen-bond acceptors (Lipinski definition) is 9. The maximum absolute atomic E-state index is 10.4. The van der Waals surface area contributed by atoms with Gasteiger partial charge in [-0.25, -0.2) is 24.9 Å². The van der Waals surface area contributed by atoms with Gasteiger partial charge in [-0.15, -0.1) is 0 Å². The summed E-state index contributed by atoms with van der Waals surface area (Å²) in [6.07, 6.45) is 10.5. The maximum atomic E-state index is 10.4. The van der Waals surface area contributed by atoms with Crippen LogP contribution >= 0.6 is 0 Å². The lowest BCUT2D eigenvalue weighted by Gasteiger charge is -2.41. The van der Waals surface area contributed by atoms with Crippen molar-refractivity contribution in [2.75, 3.05) is 13.2 Å². The Morgan fingerprint density at radius 1 is 0.927 bits per heavy atom. The van der Waals surface area contributed by atoms with E-state index in [0.717, 1.165) is 46.6 Å². The topological polar surface area (TPSA) is 128 Å². The minimum Gasteiger partial charge on any atom is -0.492 e. The molecule has 2 aliphatic carbocycles. The molecule has 2 N–H and O–H groups in total. The molecule has 2 fully saturated rings. The second kappa shape index (κ2) is 10.8. The van der Waals surface area contributed by atoms with Crippen molar-refractivity contribution in [2.24, 2.45) is 5.92 Å². The van der Waals surface area contributed by atoms with Gasteiger partial charge in [-0.05, 0) is 58.3 Å². The molecule has 10 nitrogen and oxygen atoms in total. The van der Waals surface area contributed by atoms with E-state index in [0.29, 0.717) is 62.7 Å². The molecule has 218 valence electrons. The third-order valence-electron chi connectivity index (χ3n) is 8.36. The summed E-state index contributed by atoms with van der Waals surface area (Å²) >= 11 is 0. The molecule has 0 saturated heterocycles. The number of fused-ring (bicyclic) bond motifs is 2. The molecular formula is C31H40N6O4. The Labute approximate surface area is 240 Å². The van der Waals surface area contributed by atoms with Crippen molar-refractivity contribution in [3.63, 3.8) is 0 Å². The van der Waals surface area contributed by atoms with Crippen molar-refractivity contribution >= 4 is 22.2 Å². The number of rotatable bonds is 11. The Morgan fingerprint density at radius 2 is 1.61 bits per heavy atom. The molecular weight excluding hydrogens is 520 g/mol. The van der Waals surface area contributed by atoms with Gasteiger partial charge in [0.1, 0.15) is 28.4 Å². The summed E-state index contributed by atoms with van der Waals surface area (Å²) in [5, 5.41) is 20.5. The number of ether oxygens (including phenoxy) is 2. The molecule has 0 aliphatic heterocycles. The lowest BCUT2D eigenvalue weighted by atomic mass is 9.70. The molecule has 4 aromatic rings. The van der Waals surface area contributed by atoms with E-state index < -0.39 is 11.2 Å². The number of hydrogen-bond donors (Lipinski definition) is 2. The van der Waals surface area contributed by atoms with E-state index in [2.05, 4.69) is 33.4 Å². The standard InChI is InChI=1S/C31H40N6O4/c1-5-7-40-22-10-24-28(32-16-22)27(20-12-30(3,38)13-20)36-26(35-24)9-19(2)6-8-41-23-11-25-29(33-17-23)37(18-34-25)21-14-31(4,39)15-21/h10-11,16-21,38-39H,5-9,12-15H2,1-4H3. The van der Waals surface area contributed by atoms with E-state index in [1.165, 1.54) is 0 Å². The highest BCUT2D eigenvalue weighted by Gasteiger charge is 2.41. The minimum atomic E-state index is -0.648. The molecule has 4 aromatic heterocycles. The van der Waals surface area contributed by atoms with Gasteiger partial charge in [0.25, 0.3) is 0 Å². The first-order chi connectivity index (χ1) is 19.6. The van der Waals surface area contributed by atoms with Gasteiger partial charge in [-0.2, -0.15) is 0 Å². The highest BCUT2D eigenvalue weighted by Crippen LogP contribution is 2.45. The van der Waals surface area contributed by atoms with Gasteiger partial charge in [0.2, 0.25) is 0 Å². The van der Waals surface area contributed by atoms with Gasteiger partial charge in [0, 0.05) is 30.5 Å². The first kappa shape index (κ1) is 27.8. The number of pyridine rings is 2. The second-order valence-electron chi connectivity index (χ2n) is 12.7. The average Bonchev–Trinajstić information content (AvgIpc) is 3.31. The minimum absolute atomic E-state index is 0.172. The van der Waals surface area contributed by atoms with Crippen LogP contribution in [0.4, 0.5) is 0 Å². The molecule has 0 amide bonds. The lowest BCUT2D eigenvalue weighted by Crippen LogP contribution is -2.41. The van der Waals surface area contributed by atoms with Crippen LogP contribution in [0.25, 0.3) is 22.2 Å². The summed E-state index contributed by atoms with van der Waals surface area (Å²) in [5.74, 6) is 2.66. The first-order valence-electron chi connectivity index (χ1n) is 14.8. The van der Waals surface area contributed by atoms with Crippen LogP contribution in [0.1, 0.15) is 89.7 Å². The zero-order valence-corrected chi connectivity index (χ0v) is 24.4. The Bertz CT molecular complexity index is 1530. The van der Waals surface area contributed by atoms with Crippen molar-refractivity contribution in [2.45, 2.75) is 95.8 Å².